The van der Waals surface area contributed by atoms with Gasteiger partial charge in [0.05, 0.1) is 61.1 Å². The zero-order valence-corrected chi connectivity index (χ0v) is 28.3. The second-order valence-corrected chi connectivity index (χ2v) is 18.2. The third-order valence-electron chi connectivity index (χ3n) is 6.45. The summed E-state index contributed by atoms with van der Waals surface area (Å²) in [6.45, 7) is 2.12. The maximum Gasteiger partial charge on any atom is 0.257 e. The van der Waals surface area contributed by atoms with E-state index in [0.29, 0.717) is 37.6 Å². The molecule has 6 heterocycles. The van der Waals surface area contributed by atoms with Crippen molar-refractivity contribution < 1.29 is 28.5 Å². The molecule has 0 unspecified atom stereocenters. The van der Waals surface area contributed by atoms with Crippen molar-refractivity contribution in [2.75, 3.05) is 26.4 Å². The van der Waals surface area contributed by atoms with Crippen molar-refractivity contribution in [3.05, 3.63) is 61.7 Å². The van der Waals surface area contributed by atoms with Gasteiger partial charge in [0.2, 0.25) is 11.6 Å². The molecule has 0 aromatic carbocycles. The Morgan fingerprint density at radius 1 is 0.526 bits per heavy atom. The van der Waals surface area contributed by atoms with E-state index in [2.05, 4.69) is 75.9 Å². The number of Topliss-reactive ketones (excluding diaryl/α,β-unsaturated/α-hetero) is 2. The number of rotatable bonds is 0. The van der Waals surface area contributed by atoms with E-state index in [1.54, 1.807) is 34.8 Å². The zero-order chi connectivity index (χ0) is 26.4. The number of carbonyl (C=O) groups is 2. The number of hydrogen-bond donors (Lipinski definition) is 0. The van der Waals surface area contributed by atoms with Crippen LogP contribution >= 0.6 is 109 Å². The van der Waals surface area contributed by atoms with Gasteiger partial charge in [-0.3, -0.25) is 9.59 Å². The Balaban J connectivity index is 0.000000134. The van der Waals surface area contributed by atoms with Gasteiger partial charge in [-0.15, -0.1) is 45.3 Å². The van der Waals surface area contributed by atoms with Crippen molar-refractivity contribution in [1.82, 2.24) is 0 Å². The van der Waals surface area contributed by atoms with Gasteiger partial charge >= 0.3 is 0 Å². The third-order valence-corrected chi connectivity index (χ3v) is 13.3. The highest BCUT2D eigenvalue weighted by Gasteiger charge is 2.67. The quantitative estimate of drug-likeness (QED) is 0.165. The summed E-state index contributed by atoms with van der Waals surface area (Å²) in [5.41, 5.74) is 3.02. The lowest BCUT2D eigenvalue weighted by Gasteiger charge is -2.44. The molecule has 196 valence electrons. The van der Waals surface area contributed by atoms with Crippen molar-refractivity contribution in [1.29, 1.82) is 0 Å². The van der Waals surface area contributed by atoms with Gasteiger partial charge in [-0.1, -0.05) is 0 Å². The van der Waals surface area contributed by atoms with E-state index < -0.39 is 23.1 Å². The molecule has 0 bridgehead atoms. The summed E-state index contributed by atoms with van der Waals surface area (Å²) in [7, 11) is 0. The number of carbonyl (C=O) groups excluding carboxylic acids is 2. The van der Waals surface area contributed by atoms with E-state index in [0.717, 1.165) is 45.8 Å². The summed E-state index contributed by atoms with van der Waals surface area (Å²) < 4.78 is 28.3. The molecule has 2 aliphatic carbocycles. The van der Waals surface area contributed by atoms with Gasteiger partial charge in [0.15, 0.2) is 0 Å². The molecule has 8 rings (SSSR count). The Morgan fingerprint density at radius 2 is 0.842 bits per heavy atom. The van der Waals surface area contributed by atoms with Crippen molar-refractivity contribution in [3.63, 3.8) is 0 Å². The number of ketones is 2. The fourth-order valence-corrected chi connectivity index (χ4v) is 11.8. The Bertz CT molecular complexity index is 1520. The van der Waals surface area contributed by atoms with Crippen LogP contribution in [0.3, 0.4) is 0 Å². The lowest BCUT2D eigenvalue weighted by molar-refractivity contribution is -0.365. The summed E-state index contributed by atoms with van der Waals surface area (Å²) in [5, 5.41) is 0. The standard InChI is InChI=1S/C14H10Br2O4S2.C10H2Br2O2S2/c15-9-5-7-11(21-9)12-8(6-10(16)22-12)14(19-3-4-20-14)13(7)17-1-2-18-13;11-5-1-3-7(13)8(14)4-2-6(12)16-10(4)9(3)15-5/h5-6H,1-4H2;1-2H. The highest BCUT2D eigenvalue weighted by atomic mass is 79.9. The first kappa shape index (κ1) is 26.8. The SMILES string of the molecule is Brc1cc2c(s1)-c1sc(Br)cc1C1(OCCO1)C21OCCO1.O=C1C(=O)c2cc(Br)sc2-c2sc(Br)cc21. The molecule has 4 aliphatic rings. The van der Waals surface area contributed by atoms with Crippen LogP contribution in [0.2, 0.25) is 0 Å². The van der Waals surface area contributed by atoms with E-state index in [1.807, 2.05) is 0 Å². The average Bonchev–Trinajstić information content (AvgIpc) is 3.69. The molecular weight excluding hydrogens is 832 g/mol. The normalized spacial score (nSPS) is 19.8. The van der Waals surface area contributed by atoms with Crippen LogP contribution in [0.4, 0.5) is 0 Å². The highest BCUT2D eigenvalue weighted by Crippen LogP contribution is 2.63. The van der Waals surface area contributed by atoms with Crippen LogP contribution in [0, 0.1) is 0 Å². The molecule has 38 heavy (non-hydrogen) atoms. The summed E-state index contributed by atoms with van der Waals surface area (Å²) in [6, 6.07) is 7.57. The van der Waals surface area contributed by atoms with Crippen LogP contribution < -0.4 is 0 Å². The molecule has 2 saturated heterocycles. The molecular formula is C24H12Br4O6S4. The van der Waals surface area contributed by atoms with Crippen LogP contribution in [0.1, 0.15) is 31.8 Å². The topological polar surface area (TPSA) is 71.1 Å². The maximum absolute atomic E-state index is 11.8. The molecule has 4 aromatic rings. The summed E-state index contributed by atoms with van der Waals surface area (Å²) >= 11 is 20.2. The van der Waals surface area contributed by atoms with Gasteiger partial charge < -0.3 is 18.9 Å². The van der Waals surface area contributed by atoms with Crippen LogP contribution in [0.25, 0.3) is 19.5 Å². The van der Waals surface area contributed by atoms with Gasteiger partial charge in [0.1, 0.15) is 0 Å². The maximum atomic E-state index is 11.8. The molecule has 4 aromatic heterocycles. The second-order valence-electron chi connectivity index (χ2n) is 8.46. The lowest BCUT2D eigenvalue weighted by Crippen LogP contribution is -2.53. The van der Waals surface area contributed by atoms with E-state index in [-0.39, 0.29) is 0 Å². The molecule has 2 aliphatic heterocycles. The molecule has 0 amide bonds. The summed E-state index contributed by atoms with van der Waals surface area (Å²) in [5.74, 6) is -2.85. The Labute approximate surface area is 265 Å². The second kappa shape index (κ2) is 9.73. The number of fused-ring (bicyclic) bond motifs is 9. The smallest absolute Gasteiger partial charge is 0.257 e. The highest BCUT2D eigenvalue weighted by molar-refractivity contribution is 9.11. The van der Waals surface area contributed by atoms with Crippen LogP contribution in [-0.4, -0.2) is 38.0 Å². The monoisotopic (exact) mass is 840 g/mol. The summed E-state index contributed by atoms with van der Waals surface area (Å²) in [4.78, 5) is 27.8. The van der Waals surface area contributed by atoms with E-state index in [1.165, 1.54) is 22.7 Å². The van der Waals surface area contributed by atoms with Crippen LogP contribution in [0.5, 0.6) is 0 Å². The van der Waals surface area contributed by atoms with Crippen molar-refractivity contribution in [3.8, 4) is 19.5 Å². The molecule has 14 heteroatoms. The minimum absolute atomic E-state index is 0.408. The van der Waals surface area contributed by atoms with E-state index in [9.17, 15) is 9.59 Å². The molecule has 6 nitrogen and oxygen atoms in total. The van der Waals surface area contributed by atoms with Crippen LogP contribution in [0.15, 0.2) is 39.4 Å². The molecule has 0 saturated carbocycles. The Morgan fingerprint density at radius 3 is 1.21 bits per heavy atom. The number of ether oxygens (including phenoxy) is 4. The number of thiophene rings is 4. The van der Waals surface area contributed by atoms with Gasteiger partial charge in [-0.25, -0.2) is 0 Å². The Kier molecular flexibility index (Phi) is 6.86. The van der Waals surface area contributed by atoms with Crippen molar-refractivity contribution in [2.24, 2.45) is 0 Å². The van der Waals surface area contributed by atoms with Crippen molar-refractivity contribution in [2.45, 2.75) is 11.6 Å². The van der Waals surface area contributed by atoms with Gasteiger partial charge in [-0.05, 0) is 88.0 Å². The fourth-order valence-electron chi connectivity index (χ4n) is 5.06. The largest absolute Gasteiger partial charge is 0.339 e. The van der Waals surface area contributed by atoms with Gasteiger partial charge in [0, 0.05) is 22.3 Å². The molecule has 0 N–H and O–H groups in total. The molecule has 2 fully saturated rings. The van der Waals surface area contributed by atoms with Crippen molar-refractivity contribution >= 4 is 121 Å². The van der Waals surface area contributed by atoms with E-state index in [4.69, 9.17) is 18.9 Å². The first-order valence-corrected chi connectivity index (χ1v) is 17.5. The number of hydrogen-bond acceptors (Lipinski definition) is 10. The first-order valence-electron chi connectivity index (χ1n) is 11.1. The molecule has 2 spiro atoms. The minimum atomic E-state index is -1.02. The predicted octanol–water partition coefficient (Wildman–Crippen LogP) is 8.79. The van der Waals surface area contributed by atoms with E-state index >= 15 is 0 Å². The zero-order valence-electron chi connectivity index (χ0n) is 18.7. The predicted molar refractivity (Wildman–Crippen MR) is 162 cm³/mol. The molecule has 0 radical (unpaired) electrons. The van der Waals surface area contributed by atoms with Gasteiger partial charge in [0.25, 0.3) is 11.6 Å². The molecule has 0 atom stereocenters. The fraction of sp³-hybridized carbons (Fsp3) is 0.250. The van der Waals surface area contributed by atoms with Gasteiger partial charge in [-0.2, -0.15) is 0 Å². The average molecular weight is 844 g/mol. The third kappa shape index (κ3) is 3.83. The lowest BCUT2D eigenvalue weighted by atomic mass is 9.85. The Hall–Kier alpha value is -0.100. The van der Waals surface area contributed by atoms with Crippen LogP contribution in [-0.2, 0) is 30.5 Å². The summed E-state index contributed by atoms with van der Waals surface area (Å²) in [6.07, 6.45) is 0. The number of halogens is 4. The minimum Gasteiger partial charge on any atom is -0.339 e. The first-order chi connectivity index (χ1) is 18.2.